The van der Waals surface area contributed by atoms with Gasteiger partial charge in [0.25, 0.3) is 0 Å². The lowest BCUT2D eigenvalue weighted by Gasteiger charge is -2.26. The molecule has 0 amide bonds. The van der Waals surface area contributed by atoms with Gasteiger partial charge in [-0.3, -0.25) is 14.4 Å². The van der Waals surface area contributed by atoms with E-state index in [0.717, 1.165) is 6.42 Å². The van der Waals surface area contributed by atoms with Crippen LogP contribution in [0.4, 0.5) is 0 Å². The van der Waals surface area contributed by atoms with E-state index in [4.69, 9.17) is 20.4 Å². The van der Waals surface area contributed by atoms with Crippen molar-refractivity contribution in [3.63, 3.8) is 0 Å². The lowest BCUT2D eigenvalue weighted by Crippen LogP contribution is -2.24. The molecule has 0 saturated heterocycles. The third-order valence-corrected chi connectivity index (χ3v) is 6.12. The molecule has 32 heavy (non-hydrogen) atoms. The first-order valence-corrected chi connectivity index (χ1v) is 10.3. The molecule has 0 fully saturated rings. The van der Waals surface area contributed by atoms with E-state index < -0.39 is 41.6 Å². The number of carboxylic acid groups (broad SMARTS) is 4. The normalized spacial score (nSPS) is 21.2. The number of aromatic carboxylic acids is 1. The highest BCUT2D eigenvalue weighted by Crippen LogP contribution is 2.39. The monoisotopic (exact) mass is 440 g/mol. The minimum atomic E-state index is -0.983. The molecule has 0 aliphatic heterocycles. The number of carboxylic acids is 4. The van der Waals surface area contributed by atoms with Crippen molar-refractivity contribution in [3.8, 4) is 0 Å². The van der Waals surface area contributed by atoms with Gasteiger partial charge in [-0.15, -0.1) is 0 Å². The van der Waals surface area contributed by atoms with Crippen molar-refractivity contribution in [2.24, 2.45) is 0 Å². The smallest absolute Gasteiger partial charge is 0.335 e. The quantitative estimate of drug-likeness (QED) is 0.562. The summed E-state index contributed by atoms with van der Waals surface area (Å²) in [5.74, 6) is -5.29. The molecule has 2 aliphatic carbocycles. The van der Waals surface area contributed by atoms with Gasteiger partial charge in [-0.2, -0.15) is 0 Å². The van der Waals surface area contributed by atoms with Crippen LogP contribution in [0, 0.1) is 0 Å². The third kappa shape index (κ3) is 4.64. The van der Waals surface area contributed by atoms with Gasteiger partial charge in [-0.25, -0.2) is 4.79 Å². The third-order valence-electron chi connectivity index (χ3n) is 6.12. The average Bonchev–Trinajstić information content (AvgIpc) is 2.77. The van der Waals surface area contributed by atoms with Crippen LogP contribution in [0.3, 0.4) is 0 Å². The molecule has 8 heteroatoms. The minimum absolute atomic E-state index is 0.239. The molecule has 0 heterocycles. The first kappa shape index (κ1) is 23.0. The summed E-state index contributed by atoms with van der Waals surface area (Å²) >= 11 is 0. The summed E-state index contributed by atoms with van der Waals surface area (Å²) in [4.78, 5) is 44.1. The Morgan fingerprint density at radius 3 is 1.56 bits per heavy atom. The SMILES string of the molecule is O=C(O)C1CCC(C(=O)O)c2ccccc21.O=C(O)c1cccc2c1CCCC2C(=O)O. The Balaban J connectivity index is 0.000000181. The summed E-state index contributed by atoms with van der Waals surface area (Å²) in [5.41, 5.74) is 2.89. The molecular weight excluding hydrogens is 416 g/mol. The van der Waals surface area contributed by atoms with Gasteiger partial charge in [0.2, 0.25) is 0 Å². The van der Waals surface area contributed by atoms with Crippen molar-refractivity contribution >= 4 is 23.9 Å². The van der Waals surface area contributed by atoms with Crippen molar-refractivity contribution < 1.29 is 39.6 Å². The number of rotatable bonds is 4. The van der Waals surface area contributed by atoms with Crippen LogP contribution in [0.15, 0.2) is 42.5 Å². The van der Waals surface area contributed by atoms with Crippen LogP contribution in [0.25, 0.3) is 0 Å². The minimum Gasteiger partial charge on any atom is -0.481 e. The second-order valence-electron chi connectivity index (χ2n) is 7.95. The Hall–Kier alpha value is -3.68. The summed E-state index contributed by atoms with van der Waals surface area (Å²) in [6.07, 6.45) is 2.76. The predicted molar refractivity (Wildman–Crippen MR) is 113 cm³/mol. The molecule has 3 atom stereocenters. The van der Waals surface area contributed by atoms with E-state index in [1.165, 1.54) is 6.07 Å². The van der Waals surface area contributed by atoms with Crippen LogP contribution in [0.5, 0.6) is 0 Å². The van der Waals surface area contributed by atoms with Crippen molar-refractivity contribution in [2.75, 3.05) is 0 Å². The predicted octanol–water partition coefficient (Wildman–Crippen LogP) is 3.71. The van der Waals surface area contributed by atoms with Gasteiger partial charge >= 0.3 is 23.9 Å². The maximum Gasteiger partial charge on any atom is 0.335 e. The molecular formula is C24H24O8. The molecule has 0 aromatic heterocycles. The summed E-state index contributed by atoms with van der Waals surface area (Å²) in [6, 6.07) is 11.8. The fourth-order valence-electron chi connectivity index (χ4n) is 4.61. The van der Waals surface area contributed by atoms with Gasteiger partial charge in [0.15, 0.2) is 0 Å². The van der Waals surface area contributed by atoms with Crippen molar-refractivity contribution in [1.29, 1.82) is 0 Å². The number of aliphatic carboxylic acids is 3. The molecule has 0 spiro atoms. The maximum atomic E-state index is 11.1. The molecule has 0 radical (unpaired) electrons. The molecule has 3 unspecified atom stereocenters. The van der Waals surface area contributed by atoms with Gasteiger partial charge in [0, 0.05) is 0 Å². The Kier molecular flexibility index (Phi) is 6.92. The van der Waals surface area contributed by atoms with Crippen LogP contribution in [-0.4, -0.2) is 44.3 Å². The largest absolute Gasteiger partial charge is 0.481 e. The zero-order chi connectivity index (χ0) is 23.4. The molecule has 2 aromatic rings. The molecule has 168 valence electrons. The highest BCUT2D eigenvalue weighted by atomic mass is 16.4. The van der Waals surface area contributed by atoms with Gasteiger partial charge in [-0.1, -0.05) is 36.4 Å². The molecule has 0 bridgehead atoms. The molecule has 4 N–H and O–H groups in total. The second-order valence-corrected chi connectivity index (χ2v) is 7.95. The van der Waals surface area contributed by atoms with E-state index >= 15 is 0 Å². The molecule has 2 aromatic carbocycles. The van der Waals surface area contributed by atoms with E-state index in [-0.39, 0.29) is 5.56 Å². The van der Waals surface area contributed by atoms with Crippen LogP contribution in [-0.2, 0) is 20.8 Å². The van der Waals surface area contributed by atoms with E-state index in [0.29, 0.717) is 47.9 Å². The number of hydrogen-bond donors (Lipinski definition) is 4. The lowest BCUT2D eigenvalue weighted by atomic mass is 9.77. The standard InChI is InChI=1S/2C12H12O4/c13-11(14)9-5-1-3-7-8(9)4-2-6-10(7)12(15)16;13-11(14)9-5-6-10(12(15)16)8-4-2-1-3-7(8)9/h1,3,5,10H,2,4,6H2,(H,13,14)(H,15,16);1-4,9-10H,5-6H2,(H,13,14)(H,15,16). The number of benzene rings is 2. The first-order valence-electron chi connectivity index (χ1n) is 10.3. The highest BCUT2D eigenvalue weighted by Gasteiger charge is 2.34. The summed E-state index contributed by atoms with van der Waals surface area (Å²) in [5, 5.41) is 36.2. The van der Waals surface area contributed by atoms with E-state index in [1.54, 1.807) is 36.4 Å². The number of carbonyl (C=O) groups is 4. The van der Waals surface area contributed by atoms with Gasteiger partial charge in [-0.05, 0) is 60.4 Å². The van der Waals surface area contributed by atoms with Crippen LogP contribution in [0.2, 0.25) is 0 Å². The van der Waals surface area contributed by atoms with Crippen LogP contribution < -0.4 is 0 Å². The van der Waals surface area contributed by atoms with E-state index in [1.807, 2.05) is 0 Å². The van der Waals surface area contributed by atoms with Crippen molar-refractivity contribution in [2.45, 2.75) is 49.9 Å². The van der Waals surface area contributed by atoms with E-state index in [2.05, 4.69) is 0 Å². The summed E-state index contributed by atoms with van der Waals surface area (Å²) < 4.78 is 0. The van der Waals surface area contributed by atoms with E-state index in [9.17, 15) is 19.2 Å². The summed E-state index contributed by atoms with van der Waals surface area (Å²) in [7, 11) is 0. The first-order chi connectivity index (χ1) is 15.2. The Bertz CT molecular complexity index is 1020. The lowest BCUT2D eigenvalue weighted by molar-refractivity contribution is -0.142. The Morgan fingerprint density at radius 1 is 0.625 bits per heavy atom. The number of hydrogen-bond acceptors (Lipinski definition) is 4. The van der Waals surface area contributed by atoms with Crippen LogP contribution >= 0.6 is 0 Å². The fourth-order valence-corrected chi connectivity index (χ4v) is 4.61. The second kappa shape index (κ2) is 9.64. The van der Waals surface area contributed by atoms with Gasteiger partial charge in [0.1, 0.15) is 0 Å². The molecule has 0 saturated carbocycles. The van der Waals surface area contributed by atoms with Crippen molar-refractivity contribution in [3.05, 3.63) is 70.3 Å². The maximum absolute atomic E-state index is 11.1. The van der Waals surface area contributed by atoms with Gasteiger partial charge < -0.3 is 20.4 Å². The Morgan fingerprint density at radius 2 is 1.09 bits per heavy atom. The summed E-state index contributed by atoms with van der Waals surface area (Å²) in [6.45, 7) is 0. The topological polar surface area (TPSA) is 149 Å². The highest BCUT2D eigenvalue weighted by molar-refractivity contribution is 5.91. The fraction of sp³-hybridized carbons (Fsp3) is 0.333. The number of fused-ring (bicyclic) bond motifs is 2. The zero-order valence-electron chi connectivity index (χ0n) is 17.2. The van der Waals surface area contributed by atoms with Crippen molar-refractivity contribution in [1.82, 2.24) is 0 Å². The average molecular weight is 440 g/mol. The molecule has 2 aliphatic rings. The zero-order valence-corrected chi connectivity index (χ0v) is 17.2. The molecule has 4 rings (SSSR count). The van der Waals surface area contributed by atoms with Crippen LogP contribution in [0.1, 0.15) is 76.0 Å². The van der Waals surface area contributed by atoms with Gasteiger partial charge in [0.05, 0.1) is 23.3 Å². The molecule has 8 nitrogen and oxygen atoms in total. The Labute approximate surface area is 184 Å².